The molecule has 1 N–H and O–H groups in total. The second-order valence-corrected chi connectivity index (χ2v) is 5.72. The lowest BCUT2D eigenvalue weighted by molar-refractivity contribution is -0.143. The lowest BCUT2D eigenvalue weighted by atomic mass is 10.1. The average molecular weight is 325 g/mol. The Kier molecular flexibility index (Phi) is 6.24. The predicted octanol–water partition coefficient (Wildman–Crippen LogP) is 2.44. The fourth-order valence-corrected chi connectivity index (χ4v) is 1.85. The Balaban J connectivity index is 3.07. The van der Waals surface area contributed by atoms with E-state index < -0.39 is 23.7 Å². The molecule has 0 spiro atoms. The van der Waals surface area contributed by atoms with E-state index in [4.69, 9.17) is 18.9 Å². The van der Waals surface area contributed by atoms with Gasteiger partial charge in [0.15, 0.2) is 17.5 Å². The zero-order chi connectivity index (χ0) is 17.6. The lowest BCUT2D eigenvalue weighted by Crippen LogP contribution is -2.38. The summed E-state index contributed by atoms with van der Waals surface area (Å²) in [5, 5.41) is 2.50. The molecule has 1 aromatic carbocycles. The fraction of sp³-hybridized carbons (Fsp3) is 0.500. The van der Waals surface area contributed by atoms with Gasteiger partial charge in [-0.25, -0.2) is 9.59 Å². The smallest absolute Gasteiger partial charge is 0.408 e. The Morgan fingerprint density at radius 2 is 1.65 bits per heavy atom. The van der Waals surface area contributed by atoms with Gasteiger partial charge in [0.25, 0.3) is 0 Å². The molecule has 1 rings (SSSR count). The van der Waals surface area contributed by atoms with E-state index in [2.05, 4.69) is 5.32 Å². The number of hydrogen-bond donors (Lipinski definition) is 1. The molecule has 0 fully saturated rings. The first-order chi connectivity index (χ1) is 10.7. The molecule has 0 aliphatic rings. The first-order valence-electron chi connectivity index (χ1n) is 7.01. The van der Waals surface area contributed by atoms with Crippen LogP contribution in [0.4, 0.5) is 4.79 Å². The van der Waals surface area contributed by atoms with Gasteiger partial charge in [0.1, 0.15) is 5.60 Å². The molecule has 0 radical (unpaired) electrons. The highest BCUT2D eigenvalue weighted by atomic mass is 16.6. The molecular formula is C16H23NO6. The van der Waals surface area contributed by atoms with Gasteiger partial charge in [-0.3, -0.25) is 0 Å². The molecule has 0 heterocycles. The summed E-state index contributed by atoms with van der Waals surface area (Å²) in [5.74, 6) is 0.324. The van der Waals surface area contributed by atoms with Crippen molar-refractivity contribution >= 4 is 12.1 Å². The van der Waals surface area contributed by atoms with Gasteiger partial charge in [0.05, 0.1) is 21.3 Å². The summed E-state index contributed by atoms with van der Waals surface area (Å²) in [7, 11) is 4.23. The highest BCUT2D eigenvalue weighted by Crippen LogP contribution is 2.30. The number of amides is 1. The van der Waals surface area contributed by atoms with Crippen molar-refractivity contribution < 1.29 is 28.5 Å². The highest BCUT2D eigenvalue weighted by molar-refractivity contribution is 5.83. The van der Waals surface area contributed by atoms with Crippen LogP contribution in [0.1, 0.15) is 32.4 Å². The third-order valence-corrected chi connectivity index (χ3v) is 2.84. The van der Waals surface area contributed by atoms with Crippen molar-refractivity contribution in [3.05, 3.63) is 23.8 Å². The fourth-order valence-electron chi connectivity index (χ4n) is 1.85. The van der Waals surface area contributed by atoms with Gasteiger partial charge in [-0.1, -0.05) is 6.07 Å². The molecule has 0 aromatic heterocycles. The van der Waals surface area contributed by atoms with Crippen LogP contribution in [-0.2, 0) is 14.3 Å². The van der Waals surface area contributed by atoms with Crippen LogP contribution in [-0.4, -0.2) is 39.0 Å². The molecule has 0 bridgehead atoms. The maximum Gasteiger partial charge on any atom is 0.408 e. The van der Waals surface area contributed by atoms with E-state index in [0.29, 0.717) is 17.1 Å². The molecule has 1 amide bonds. The van der Waals surface area contributed by atoms with Gasteiger partial charge in [0, 0.05) is 0 Å². The summed E-state index contributed by atoms with van der Waals surface area (Å²) in [6, 6.07) is 3.86. The minimum absolute atomic E-state index is 0.435. The number of carbonyl (C=O) groups excluding carboxylic acids is 2. The van der Waals surface area contributed by atoms with Crippen LogP contribution >= 0.6 is 0 Å². The topological polar surface area (TPSA) is 83.1 Å². The molecule has 23 heavy (non-hydrogen) atoms. The molecule has 7 heteroatoms. The first kappa shape index (κ1) is 18.6. The molecule has 0 aliphatic heterocycles. The maximum absolute atomic E-state index is 12.0. The normalized spacial score (nSPS) is 12.1. The van der Waals surface area contributed by atoms with E-state index in [0.717, 1.165) is 0 Å². The Bertz CT molecular complexity index is 564. The zero-order valence-corrected chi connectivity index (χ0v) is 14.3. The number of alkyl carbamates (subject to hydrolysis) is 1. The van der Waals surface area contributed by atoms with Crippen LogP contribution < -0.4 is 14.8 Å². The van der Waals surface area contributed by atoms with Gasteiger partial charge >= 0.3 is 12.1 Å². The van der Waals surface area contributed by atoms with E-state index in [1.807, 2.05) is 0 Å². The van der Waals surface area contributed by atoms with Crippen LogP contribution in [0.15, 0.2) is 18.2 Å². The van der Waals surface area contributed by atoms with Gasteiger partial charge in [0.2, 0.25) is 0 Å². The molecule has 128 valence electrons. The van der Waals surface area contributed by atoms with Crippen molar-refractivity contribution in [2.45, 2.75) is 32.4 Å². The number of methoxy groups -OCH3 is 3. The number of rotatable bonds is 5. The van der Waals surface area contributed by atoms with Crippen molar-refractivity contribution in [3.63, 3.8) is 0 Å². The average Bonchev–Trinajstić information content (AvgIpc) is 2.49. The van der Waals surface area contributed by atoms with E-state index in [1.54, 1.807) is 39.0 Å². The second kappa shape index (κ2) is 7.71. The number of ether oxygens (including phenoxy) is 4. The largest absolute Gasteiger partial charge is 0.493 e. The summed E-state index contributed by atoms with van der Waals surface area (Å²) in [5.41, 5.74) is -0.192. The highest BCUT2D eigenvalue weighted by Gasteiger charge is 2.27. The number of hydrogen-bond acceptors (Lipinski definition) is 6. The number of esters is 1. The van der Waals surface area contributed by atoms with Crippen molar-refractivity contribution in [1.82, 2.24) is 5.32 Å². The second-order valence-electron chi connectivity index (χ2n) is 5.72. The summed E-state index contributed by atoms with van der Waals surface area (Å²) in [6.07, 6.45) is -0.720. The Labute approximate surface area is 135 Å². The van der Waals surface area contributed by atoms with Gasteiger partial charge in [-0.15, -0.1) is 0 Å². The van der Waals surface area contributed by atoms with Crippen LogP contribution in [0.5, 0.6) is 11.5 Å². The van der Waals surface area contributed by atoms with Gasteiger partial charge in [-0.2, -0.15) is 0 Å². The number of nitrogens with one attached hydrogen (secondary N) is 1. The minimum Gasteiger partial charge on any atom is -0.493 e. The predicted molar refractivity (Wildman–Crippen MR) is 83.7 cm³/mol. The molecule has 7 nitrogen and oxygen atoms in total. The number of benzene rings is 1. The molecule has 0 saturated heterocycles. The molecule has 0 aliphatic carbocycles. The monoisotopic (exact) mass is 325 g/mol. The third kappa shape index (κ3) is 5.36. The first-order valence-corrected chi connectivity index (χ1v) is 7.01. The SMILES string of the molecule is COC(=O)[C@H](NC(=O)OC(C)(C)C)c1ccc(OC)c(OC)c1. The van der Waals surface area contributed by atoms with Crippen LogP contribution in [0.3, 0.4) is 0 Å². The molecule has 1 aromatic rings. The Morgan fingerprint density at radius 1 is 1.04 bits per heavy atom. The van der Waals surface area contributed by atoms with Crippen molar-refractivity contribution in [2.75, 3.05) is 21.3 Å². The standard InChI is InChI=1S/C16H23NO6/c1-16(2,3)23-15(19)17-13(14(18)22-6)10-7-8-11(20-4)12(9-10)21-5/h7-9,13H,1-6H3,(H,17,19)/t13-/m1/s1. The third-order valence-electron chi connectivity index (χ3n) is 2.84. The van der Waals surface area contributed by atoms with E-state index >= 15 is 0 Å². The van der Waals surface area contributed by atoms with Crippen molar-refractivity contribution in [3.8, 4) is 11.5 Å². The van der Waals surface area contributed by atoms with E-state index in [9.17, 15) is 9.59 Å². The minimum atomic E-state index is -1.02. The maximum atomic E-state index is 12.0. The van der Waals surface area contributed by atoms with Crippen LogP contribution in [0.2, 0.25) is 0 Å². The summed E-state index contributed by atoms with van der Waals surface area (Å²) >= 11 is 0. The molecule has 0 unspecified atom stereocenters. The number of carbonyl (C=O) groups is 2. The zero-order valence-electron chi connectivity index (χ0n) is 14.3. The van der Waals surface area contributed by atoms with E-state index in [1.165, 1.54) is 21.3 Å². The van der Waals surface area contributed by atoms with Crippen LogP contribution in [0, 0.1) is 0 Å². The Hall–Kier alpha value is -2.44. The van der Waals surface area contributed by atoms with Crippen LogP contribution in [0.25, 0.3) is 0 Å². The molecule has 0 saturated carbocycles. The summed E-state index contributed by atoms with van der Waals surface area (Å²) in [4.78, 5) is 23.9. The summed E-state index contributed by atoms with van der Waals surface area (Å²) in [6.45, 7) is 5.20. The van der Waals surface area contributed by atoms with Crippen molar-refractivity contribution in [1.29, 1.82) is 0 Å². The van der Waals surface area contributed by atoms with Gasteiger partial charge < -0.3 is 24.3 Å². The summed E-state index contributed by atoms with van der Waals surface area (Å²) < 4.78 is 20.3. The Morgan fingerprint density at radius 3 is 2.13 bits per heavy atom. The molecule has 1 atom stereocenters. The lowest BCUT2D eigenvalue weighted by Gasteiger charge is -2.23. The van der Waals surface area contributed by atoms with E-state index in [-0.39, 0.29) is 0 Å². The molecular weight excluding hydrogens is 302 g/mol. The quantitative estimate of drug-likeness (QED) is 0.837. The van der Waals surface area contributed by atoms with Crippen molar-refractivity contribution in [2.24, 2.45) is 0 Å². The van der Waals surface area contributed by atoms with Gasteiger partial charge in [-0.05, 0) is 38.5 Å².